The largest absolute Gasteiger partial charge is 0.228 e. The van der Waals surface area contributed by atoms with Crippen LogP contribution in [0.2, 0.25) is 0 Å². The van der Waals surface area contributed by atoms with Crippen molar-refractivity contribution in [1.82, 2.24) is 9.97 Å². The van der Waals surface area contributed by atoms with Gasteiger partial charge in [-0.15, -0.1) is 0 Å². The third-order valence-electron chi connectivity index (χ3n) is 11.3. The minimum Gasteiger partial charge on any atom is -0.228 e. The van der Waals surface area contributed by atoms with Gasteiger partial charge in [-0.3, -0.25) is 0 Å². The molecule has 0 saturated carbocycles. The lowest BCUT2D eigenvalue weighted by atomic mass is 9.80. The first kappa shape index (κ1) is 32.7. The Morgan fingerprint density at radius 3 is 1.62 bits per heavy atom. The molecule has 2 heteroatoms. The van der Waals surface area contributed by atoms with Gasteiger partial charge in [0, 0.05) is 22.1 Å². The molecule has 0 bridgehead atoms. The fraction of sp³-hybridized carbons (Fsp3) is 0.0566. The van der Waals surface area contributed by atoms with Crippen molar-refractivity contribution in [1.29, 1.82) is 0 Å². The van der Waals surface area contributed by atoms with Gasteiger partial charge in [-0.05, 0) is 78.5 Å². The Labute approximate surface area is 322 Å². The average molecular weight is 703 g/mol. The molecule has 1 heterocycles. The van der Waals surface area contributed by atoms with Crippen molar-refractivity contribution in [3.8, 4) is 78.4 Å². The Hall–Kier alpha value is -6.90. The van der Waals surface area contributed by atoms with Gasteiger partial charge in [0.2, 0.25) is 0 Å². The van der Waals surface area contributed by atoms with Gasteiger partial charge in [0.1, 0.15) is 0 Å². The molecule has 0 saturated heterocycles. The summed E-state index contributed by atoms with van der Waals surface area (Å²) < 4.78 is 0. The van der Waals surface area contributed by atoms with Crippen molar-refractivity contribution in [2.45, 2.75) is 19.3 Å². The molecular formula is C53H38N2. The third kappa shape index (κ3) is 5.75. The van der Waals surface area contributed by atoms with Gasteiger partial charge in [0.25, 0.3) is 0 Å². The predicted molar refractivity (Wildman–Crippen MR) is 230 cm³/mol. The fourth-order valence-electron chi connectivity index (χ4n) is 8.51. The topological polar surface area (TPSA) is 25.8 Å². The fourth-order valence-corrected chi connectivity index (χ4v) is 8.51. The summed E-state index contributed by atoms with van der Waals surface area (Å²) in [5.41, 5.74) is 17.5. The molecule has 0 spiro atoms. The Balaban J connectivity index is 1.01. The molecule has 0 aliphatic heterocycles. The number of hydrogen-bond acceptors (Lipinski definition) is 2. The first-order chi connectivity index (χ1) is 27.0. The first-order valence-electron chi connectivity index (χ1n) is 19.0. The van der Waals surface area contributed by atoms with Gasteiger partial charge in [-0.25, -0.2) is 9.97 Å². The maximum atomic E-state index is 5.13. The molecular weight excluding hydrogens is 665 g/mol. The summed E-state index contributed by atoms with van der Waals surface area (Å²) in [6.45, 7) is 4.74. The molecule has 2 nitrogen and oxygen atoms in total. The van der Waals surface area contributed by atoms with Crippen molar-refractivity contribution in [2.24, 2.45) is 0 Å². The predicted octanol–water partition coefficient (Wildman–Crippen LogP) is 13.9. The van der Waals surface area contributed by atoms with Crippen molar-refractivity contribution in [2.75, 3.05) is 0 Å². The Morgan fingerprint density at radius 1 is 0.364 bits per heavy atom. The second-order valence-corrected chi connectivity index (χ2v) is 15.0. The van der Waals surface area contributed by atoms with E-state index >= 15 is 0 Å². The van der Waals surface area contributed by atoms with Crippen LogP contribution in [0, 0.1) is 0 Å². The lowest BCUT2D eigenvalue weighted by Gasteiger charge is -2.23. The van der Waals surface area contributed by atoms with E-state index in [4.69, 9.17) is 9.97 Å². The SMILES string of the molecule is CC1(C)c2cccc(-c3cccc(-c4ccc(-c5nc(-c6ccccc6)cc(-c6ccc(-c7ccccc7)cc6)n5)cc4)c3)c2-c2ccc3ccccc3c21. The molecule has 8 aromatic carbocycles. The Morgan fingerprint density at radius 2 is 0.891 bits per heavy atom. The average Bonchev–Trinajstić information content (AvgIpc) is 3.50. The zero-order chi connectivity index (χ0) is 36.9. The van der Waals surface area contributed by atoms with Gasteiger partial charge < -0.3 is 0 Å². The molecule has 1 aliphatic rings. The first-order valence-corrected chi connectivity index (χ1v) is 19.0. The minimum atomic E-state index is -0.0969. The summed E-state index contributed by atoms with van der Waals surface area (Å²) in [5.74, 6) is 0.706. The summed E-state index contributed by atoms with van der Waals surface area (Å²) in [6, 6.07) is 69.5. The zero-order valence-electron chi connectivity index (χ0n) is 30.9. The van der Waals surface area contributed by atoms with E-state index in [0.29, 0.717) is 5.82 Å². The molecule has 9 aromatic rings. The number of aromatic nitrogens is 2. The molecule has 260 valence electrons. The van der Waals surface area contributed by atoms with E-state index in [1.54, 1.807) is 0 Å². The molecule has 0 atom stereocenters. The van der Waals surface area contributed by atoms with E-state index in [0.717, 1.165) is 33.6 Å². The molecule has 0 amide bonds. The molecule has 0 unspecified atom stereocenters. The molecule has 0 radical (unpaired) electrons. The van der Waals surface area contributed by atoms with Crippen molar-refractivity contribution in [3.05, 3.63) is 205 Å². The van der Waals surface area contributed by atoms with E-state index in [2.05, 4.69) is 196 Å². The molecule has 0 fully saturated rings. The summed E-state index contributed by atoms with van der Waals surface area (Å²) >= 11 is 0. The second kappa shape index (κ2) is 13.2. The van der Waals surface area contributed by atoms with Crippen LogP contribution in [-0.2, 0) is 5.41 Å². The molecule has 0 N–H and O–H groups in total. The van der Waals surface area contributed by atoms with Crippen LogP contribution in [0.5, 0.6) is 0 Å². The van der Waals surface area contributed by atoms with Crippen LogP contribution in [0.1, 0.15) is 25.0 Å². The minimum absolute atomic E-state index is 0.0969. The molecule has 1 aromatic heterocycles. The van der Waals surface area contributed by atoms with Crippen LogP contribution >= 0.6 is 0 Å². The summed E-state index contributed by atoms with van der Waals surface area (Å²) in [7, 11) is 0. The standard InChI is InChI=1S/C53H38N2/c1-53(2)47-22-12-21-44(50(47)46-32-31-38-15-9-10-20-45(38)51(46)53)43-19-11-18-42(33-43)37-25-29-41(30-26-37)52-54-48(39-16-7-4-8-17-39)34-49(55-52)40-27-23-36(24-28-40)35-13-5-3-6-14-35/h3-34H,1-2H3. The monoisotopic (exact) mass is 702 g/mol. The van der Waals surface area contributed by atoms with Crippen molar-refractivity contribution in [3.63, 3.8) is 0 Å². The highest BCUT2D eigenvalue weighted by atomic mass is 14.9. The van der Waals surface area contributed by atoms with Gasteiger partial charge in [-0.2, -0.15) is 0 Å². The van der Waals surface area contributed by atoms with Crippen LogP contribution < -0.4 is 0 Å². The number of hydrogen-bond donors (Lipinski definition) is 0. The zero-order valence-corrected chi connectivity index (χ0v) is 30.9. The molecule has 10 rings (SSSR count). The number of benzene rings is 8. The molecule has 1 aliphatic carbocycles. The van der Waals surface area contributed by atoms with Gasteiger partial charge in [-0.1, -0.05) is 196 Å². The quantitative estimate of drug-likeness (QED) is 0.172. The molecule has 55 heavy (non-hydrogen) atoms. The Kier molecular flexibility index (Phi) is 7.85. The van der Waals surface area contributed by atoms with E-state index in [1.807, 2.05) is 12.1 Å². The number of fused-ring (bicyclic) bond motifs is 5. The van der Waals surface area contributed by atoms with Crippen LogP contribution in [-0.4, -0.2) is 9.97 Å². The maximum Gasteiger partial charge on any atom is 0.160 e. The van der Waals surface area contributed by atoms with E-state index in [9.17, 15) is 0 Å². The lowest BCUT2D eigenvalue weighted by molar-refractivity contribution is 0.666. The van der Waals surface area contributed by atoms with E-state index in [1.165, 1.54) is 60.8 Å². The smallest absolute Gasteiger partial charge is 0.160 e. The number of nitrogens with zero attached hydrogens (tertiary/aromatic N) is 2. The summed E-state index contributed by atoms with van der Waals surface area (Å²) in [5, 5.41) is 2.63. The van der Waals surface area contributed by atoms with Crippen LogP contribution in [0.4, 0.5) is 0 Å². The van der Waals surface area contributed by atoms with Gasteiger partial charge in [0.15, 0.2) is 5.82 Å². The van der Waals surface area contributed by atoms with Gasteiger partial charge >= 0.3 is 0 Å². The normalized spacial score (nSPS) is 12.7. The third-order valence-corrected chi connectivity index (χ3v) is 11.3. The summed E-state index contributed by atoms with van der Waals surface area (Å²) in [6.07, 6.45) is 0. The highest BCUT2D eigenvalue weighted by Crippen LogP contribution is 2.54. The second-order valence-electron chi connectivity index (χ2n) is 15.0. The lowest BCUT2D eigenvalue weighted by Crippen LogP contribution is -2.15. The Bertz CT molecular complexity index is 2850. The van der Waals surface area contributed by atoms with Crippen LogP contribution in [0.25, 0.3) is 89.2 Å². The summed E-state index contributed by atoms with van der Waals surface area (Å²) in [4.78, 5) is 10.2. The van der Waals surface area contributed by atoms with Crippen molar-refractivity contribution >= 4 is 10.8 Å². The van der Waals surface area contributed by atoms with Crippen LogP contribution in [0.3, 0.4) is 0 Å². The highest BCUT2D eigenvalue weighted by molar-refractivity contribution is 6.01. The van der Waals surface area contributed by atoms with Crippen molar-refractivity contribution < 1.29 is 0 Å². The highest BCUT2D eigenvalue weighted by Gasteiger charge is 2.38. The van der Waals surface area contributed by atoms with Gasteiger partial charge in [0.05, 0.1) is 11.4 Å². The maximum absolute atomic E-state index is 5.13. The van der Waals surface area contributed by atoms with E-state index < -0.39 is 0 Å². The number of rotatable bonds is 6. The van der Waals surface area contributed by atoms with Crippen LogP contribution in [0.15, 0.2) is 194 Å². The van der Waals surface area contributed by atoms with E-state index in [-0.39, 0.29) is 5.41 Å².